The number of aromatic nitrogens is 3. The standard InChI is InChI=1S/C16H20ClN7O2/c1-18-15(25)14-6-13(8-19-14)24-9-12(22-23-24)7-20-16(26)21-11-4-2-10(17)3-5-11/h2-5,9,13-14,19H,6-8H2,1H3,(H,18,25)(H2,20,21,26)/t13-,14+/m1/s1. The molecule has 1 aliphatic heterocycles. The van der Waals surface area contributed by atoms with Crippen LogP contribution < -0.4 is 21.3 Å². The van der Waals surface area contributed by atoms with Gasteiger partial charge in [-0.2, -0.15) is 0 Å². The zero-order chi connectivity index (χ0) is 18.5. The van der Waals surface area contributed by atoms with Crippen molar-refractivity contribution in [1.82, 2.24) is 30.9 Å². The van der Waals surface area contributed by atoms with Gasteiger partial charge in [0.2, 0.25) is 5.91 Å². The Hall–Kier alpha value is -2.65. The molecule has 1 aromatic carbocycles. The first kappa shape index (κ1) is 18.2. The maximum atomic E-state index is 11.9. The molecule has 3 rings (SSSR count). The minimum absolute atomic E-state index is 0.0339. The van der Waals surface area contributed by atoms with Crippen LogP contribution >= 0.6 is 11.6 Å². The van der Waals surface area contributed by atoms with Crippen LogP contribution in [0.4, 0.5) is 10.5 Å². The van der Waals surface area contributed by atoms with E-state index in [-0.39, 0.29) is 30.6 Å². The number of nitrogens with zero attached hydrogens (tertiary/aromatic N) is 3. The van der Waals surface area contributed by atoms with E-state index >= 15 is 0 Å². The lowest BCUT2D eigenvalue weighted by Crippen LogP contribution is -2.38. The third-order valence-electron chi connectivity index (χ3n) is 4.13. The maximum Gasteiger partial charge on any atom is 0.319 e. The van der Waals surface area contributed by atoms with E-state index in [4.69, 9.17) is 11.6 Å². The summed E-state index contributed by atoms with van der Waals surface area (Å²) < 4.78 is 1.73. The van der Waals surface area contributed by atoms with Gasteiger partial charge in [0.15, 0.2) is 0 Å². The normalized spacial score (nSPS) is 19.2. The Labute approximate surface area is 155 Å². The number of amides is 3. The monoisotopic (exact) mass is 377 g/mol. The molecule has 1 saturated heterocycles. The van der Waals surface area contributed by atoms with E-state index < -0.39 is 0 Å². The summed E-state index contributed by atoms with van der Waals surface area (Å²) in [5.74, 6) is -0.0339. The molecule has 1 fully saturated rings. The van der Waals surface area contributed by atoms with Crippen LogP contribution in [0.3, 0.4) is 0 Å². The molecule has 4 N–H and O–H groups in total. The van der Waals surface area contributed by atoms with E-state index in [1.165, 1.54) is 0 Å². The highest BCUT2D eigenvalue weighted by atomic mass is 35.5. The van der Waals surface area contributed by atoms with Crippen molar-refractivity contribution in [3.63, 3.8) is 0 Å². The topological polar surface area (TPSA) is 113 Å². The molecule has 2 aromatic rings. The fourth-order valence-electron chi connectivity index (χ4n) is 2.74. The molecule has 0 unspecified atom stereocenters. The largest absolute Gasteiger partial charge is 0.358 e. The molecule has 0 radical (unpaired) electrons. The van der Waals surface area contributed by atoms with Crippen molar-refractivity contribution in [3.8, 4) is 0 Å². The number of carbonyl (C=O) groups is 2. The Kier molecular flexibility index (Phi) is 5.69. The minimum atomic E-state index is -0.343. The zero-order valence-electron chi connectivity index (χ0n) is 14.2. The molecular weight excluding hydrogens is 358 g/mol. The van der Waals surface area contributed by atoms with Gasteiger partial charge in [-0.15, -0.1) is 5.10 Å². The lowest BCUT2D eigenvalue weighted by molar-refractivity contribution is -0.122. The molecule has 3 amide bonds. The van der Waals surface area contributed by atoms with Crippen LogP contribution in [0.5, 0.6) is 0 Å². The number of hydrogen-bond acceptors (Lipinski definition) is 5. The first-order valence-corrected chi connectivity index (χ1v) is 8.59. The van der Waals surface area contributed by atoms with Crippen LogP contribution in [0.15, 0.2) is 30.5 Å². The Morgan fingerprint density at radius 2 is 2.12 bits per heavy atom. The summed E-state index contributed by atoms with van der Waals surface area (Å²) in [6.07, 6.45) is 2.42. The summed E-state index contributed by atoms with van der Waals surface area (Å²) >= 11 is 5.81. The van der Waals surface area contributed by atoms with Crippen molar-refractivity contribution in [2.45, 2.75) is 25.0 Å². The van der Waals surface area contributed by atoms with Crippen LogP contribution in [0, 0.1) is 0 Å². The van der Waals surface area contributed by atoms with E-state index in [1.807, 2.05) is 0 Å². The fraction of sp³-hybridized carbons (Fsp3) is 0.375. The van der Waals surface area contributed by atoms with Gasteiger partial charge in [-0.25, -0.2) is 9.48 Å². The van der Waals surface area contributed by atoms with Gasteiger partial charge in [0.05, 0.1) is 24.8 Å². The second-order valence-electron chi connectivity index (χ2n) is 5.97. The number of hydrogen-bond donors (Lipinski definition) is 4. The Bertz CT molecular complexity index is 777. The van der Waals surface area contributed by atoms with Gasteiger partial charge in [0.1, 0.15) is 5.69 Å². The van der Waals surface area contributed by atoms with Gasteiger partial charge in [0.25, 0.3) is 0 Å². The number of carbonyl (C=O) groups excluding carboxylic acids is 2. The minimum Gasteiger partial charge on any atom is -0.358 e. The average Bonchev–Trinajstić information content (AvgIpc) is 3.30. The number of likely N-dealkylation sites (N-methyl/N-ethyl adjacent to an activating group) is 1. The number of rotatable bonds is 5. The van der Waals surface area contributed by atoms with Crippen LogP contribution in [0.25, 0.3) is 0 Å². The van der Waals surface area contributed by atoms with Crippen molar-refractivity contribution in [2.75, 3.05) is 18.9 Å². The number of halogens is 1. The average molecular weight is 378 g/mol. The number of benzene rings is 1. The maximum absolute atomic E-state index is 11.9. The Balaban J connectivity index is 1.48. The van der Waals surface area contributed by atoms with Crippen LogP contribution in [0.2, 0.25) is 5.02 Å². The summed E-state index contributed by atoms with van der Waals surface area (Å²) in [6, 6.07) is 6.32. The van der Waals surface area contributed by atoms with Crippen molar-refractivity contribution in [1.29, 1.82) is 0 Å². The number of nitrogens with one attached hydrogen (secondary N) is 4. The molecule has 2 heterocycles. The molecule has 1 aromatic heterocycles. The third kappa shape index (κ3) is 4.50. The summed E-state index contributed by atoms with van der Waals surface area (Å²) in [6.45, 7) is 0.893. The van der Waals surface area contributed by atoms with Gasteiger partial charge in [-0.05, 0) is 30.7 Å². The smallest absolute Gasteiger partial charge is 0.319 e. The second-order valence-corrected chi connectivity index (χ2v) is 6.41. The SMILES string of the molecule is CNC(=O)[C@@H]1C[C@@H](n2cc(CNC(=O)Nc3ccc(Cl)cc3)nn2)CN1. The van der Waals surface area contributed by atoms with Crippen molar-refractivity contribution in [3.05, 3.63) is 41.2 Å². The molecule has 9 nitrogen and oxygen atoms in total. The number of urea groups is 1. The van der Waals surface area contributed by atoms with E-state index in [9.17, 15) is 9.59 Å². The van der Waals surface area contributed by atoms with Gasteiger partial charge in [-0.3, -0.25) is 4.79 Å². The molecule has 138 valence electrons. The molecule has 26 heavy (non-hydrogen) atoms. The van der Waals surface area contributed by atoms with Gasteiger partial charge in [0, 0.05) is 24.3 Å². The van der Waals surface area contributed by atoms with Gasteiger partial charge >= 0.3 is 6.03 Å². The van der Waals surface area contributed by atoms with Crippen LogP contribution in [-0.4, -0.2) is 46.6 Å². The lowest BCUT2D eigenvalue weighted by atomic mass is 10.1. The highest BCUT2D eigenvalue weighted by Gasteiger charge is 2.30. The Morgan fingerprint density at radius 1 is 1.35 bits per heavy atom. The van der Waals surface area contributed by atoms with Crippen molar-refractivity contribution >= 4 is 29.2 Å². The quantitative estimate of drug-likeness (QED) is 0.618. The predicted octanol–water partition coefficient (Wildman–Crippen LogP) is 0.902. The molecule has 0 bridgehead atoms. The molecular formula is C16H20ClN7O2. The van der Waals surface area contributed by atoms with E-state index in [0.29, 0.717) is 29.4 Å². The van der Waals surface area contributed by atoms with Crippen molar-refractivity contribution < 1.29 is 9.59 Å². The van der Waals surface area contributed by atoms with Crippen molar-refractivity contribution in [2.24, 2.45) is 0 Å². The molecule has 0 aliphatic carbocycles. The predicted molar refractivity (Wildman–Crippen MR) is 96.8 cm³/mol. The fourth-order valence-corrected chi connectivity index (χ4v) is 2.87. The molecule has 0 saturated carbocycles. The zero-order valence-corrected chi connectivity index (χ0v) is 15.0. The highest BCUT2D eigenvalue weighted by Crippen LogP contribution is 2.19. The van der Waals surface area contributed by atoms with E-state index in [1.54, 1.807) is 42.2 Å². The first-order chi connectivity index (χ1) is 12.5. The van der Waals surface area contributed by atoms with Crippen LogP contribution in [0.1, 0.15) is 18.2 Å². The van der Waals surface area contributed by atoms with Gasteiger partial charge < -0.3 is 21.3 Å². The summed E-state index contributed by atoms with van der Waals surface area (Å²) in [4.78, 5) is 23.6. The summed E-state index contributed by atoms with van der Waals surface area (Å²) in [5.41, 5.74) is 1.28. The van der Waals surface area contributed by atoms with E-state index in [0.717, 1.165) is 0 Å². The third-order valence-corrected chi connectivity index (χ3v) is 4.39. The Morgan fingerprint density at radius 3 is 2.85 bits per heavy atom. The van der Waals surface area contributed by atoms with Gasteiger partial charge in [-0.1, -0.05) is 16.8 Å². The summed E-state index contributed by atoms with van der Waals surface area (Å²) in [5, 5.41) is 20.0. The lowest BCUT2D eigenvalue weighted by Gasteiger charge is -2.09. The molecule has 10 heteroatoms. The molecule has 2 atom stereocenters. The van der Waals surface area contributed by atoms with Crippen LogP contribution in [-0.2, 0) is 11.3 Å². The highest BCUT2D eigenvalue weighted by molar-refractivity contribution is 6.30. The first-order valence-electron chi connectivity index (χ1n) is 8.21. The van der Waals surface area contributed by atoms with E-state index in [2.05, 4.69) is 31.6 Å². The summed E-state index contributed by atoms with van der Waals surface area (Å²) in [7, 11) is 1.62. The number of anilines is 1. The molecule has 1 aliphatic rings. The molecule has 0 spiro atoms. The second kappa shape index (κ2) is 8.15.